The molecule has 0 N–H and O–H groups in total. The maximum atomic E-state index is 4.59. The fourth-order valence-electron chi connectivity index (χ4n) is 3.94. The van der Waals surface area contributed by atoms with Gasteiger partial charge in [-0.05, 0) is 57.7 Å². The SMILES string of the molecule is CN1CCC(C2CCN(c3nccnc3N(C)C)CC2)CC1. The van der Waals surface area contributed by atoms with Gasteiger partial charge in [0.05, 0.1) is 0 Å². The van der Waals surface area contributed by atoms with Gasteiger partial charge in [0.1, 0.15) is 0 Å². The quantitative estimate of drug-likeness (QED) is 0.854. The average Bonchev–Trinajstić information content (AvgIpc) is 2.56. The maximum absolute atomic E-state index is 4.59. The van der Waals surface area contributed by atoms with Crippen molar-refractivity contribution < 1.29 is 0 Å². The fourth-order valence-corrected chi connectivity index (χ4v) is 3.94. The third-order valence-corrected chi connectivity index (χ3v) is 5.35. The molecule has 0 spiro atoms. The van der Waals surface area contributed by atoms with Crippen molar-refractivity contribution in [2.45, 2.75) is 25.7 Å². The van der Waals surface area contributed by atoms with Crippen LogP contribution < -0.4 is 9.80 Å². The Morgan fingerprint density at radius 3 is 2.05 bits per heavy atom. The predicted molar refractivity (Wildman–Crippen MR) is 91.5 cm³/mol. The zero-order valence-electron chi connectivity index (χ0n) is 14.2. The fraction of sp³-hybridized carbons (Fsp3) is 0.765. The number of hydrogen-bond donors (Lipinski definition) is 0. The maximum Gasteiger partial charge on any atom is 0.171 e. The average molecular weight is 303 g/mol. The minimum atomic E-state index is 0.907. The molecule has 122 valence electrons. The highest BCUT2D eigenvalue weighted by Crippen LogP contribution is 2.34. The van der Waals surface area contributed by atoms with Crippen molar-refractivity contribution in [3.8, 4) is 0 Å². The Bertz CT molecular complexity index is 474. The molecule has 0 unspecified atom stereocenters. The van der Waals surface area contributed by atoms with Crippen LogP contribution in [0.15, 0.2) is 12.4 Å². The van der Waals surface area contributed by atoms with Crippen molar-refractivity contribution in [1.82, 2.24) is 14.9 Å². The van der Waals surface area contributed by atoms with Crippen LogP contribution in [0.5, 0.6) is 0 Å². The van der Waals surface area contributed by atoms with E-state index in [4.69, 9.17) is 0 Å². The van der Waals surface area contributed by atoms with Crippen molar-refractivity contribution >= 4 is 11.6 Å². The molecule has 3 heterocycles. The van der Waals surface area contributed by atoms with Gasteiger partial charge in [0, 0.05) is 39.6 Å². The van der Waals surface area contributed by atoms with E-state index in [1.54, 1.807) is 6.20 Å². The van der Waals surface area contributed by atoms with Crippen LogP contribution in [0.1, 0.15) is 25.7 Å². The normalized spacial score (nSPS) is 22.0. The van der Waals surface area contributed by atoms with Crippen LogP contribution in [0.25, 0.3) is 0 Å². The first-order valence-electron chi connectivity index (χ1n) is 8.57. The molecule has 0 saturated carbocycles. The molecule has 2 saturated heterocycles. The van der Waals surface area contributed by atoms with Gasteiger partial charge < -0.3 is 14.7 Å². The van der Waals surface area contributed by atoms with Gasteiger partial charge >= 0.3 is 0 Å². The molecule has 0 amide bonds. The minimum Gasteiger partial charge on any atom is -0.360 e. The van der Waals surface area contributed by atoms with Crippen molar-refractivity contribution in [2.75, 3.05) is 57.1 Å². The number of likely N-dealkylation sites (tertiary alicyclic amines) is 1. The highest BCUT2D eigenvalue weighted by atomic mass is 15.3. The summed E-state index contributed by atoms with van der Waals surface area (Å²) in [5.74, 6) is 3.88. The molecule has 2 aliphatic heterocycles. The number of piperidine rings is 2. The summed E-state index contributed by atoms with van der Waals surface area (Å²) in [5.41, 5.74) is 0. The van der Waals surface area contributed by atoms with Gasteiger partial charge in [-0.2, -0.15) is 0 Å². The van der Waals surface area contributed by atoms with Gasteiger partial charge in [-0.1, -0.05) is 0 Å². The molecule has 0 atom stereocenters. The second-order valence-electron chi connectivity index (χ2n) is 7.06. The molecule has 0 radical (unpaired) electrons. The Morgan fingerprint density at radius 2 is 1.45 bits per heavy atom. The van der Waals surface area contributed by atoms with Gasteiger partial charge in [0.15, 0.2) is 11.6 Å². The number of hydrogen-bond acceptors (Lipinski definition) is 5. The van der Waals surface area contributed by atoms with Crippen molar-refractivity contribution in [3.05, 3.63) is 12.4 Å². The Labute approximate surface area is 134 Å². The van der Waals surface area contributed by atoms with Crippen LogP contribution in [-0.2, 0) is 0 Å². The molecule has 0 aliphatic carbocycles. The number of anilines is 2. The first kappa shape index (κ1) is 15.5. The van der Waals surface area contributed by atoms with Crippen molar-refractivity contribution in [1.29, 1.82) is 0 Å². The van der Waals surface area contributed by atoms with E-state index in [0.29, 0.717) is 0 Å². The number of aromatic nitrogens is 2. The summed E-state index contributed by atoms with van der Waals surface area (Å²) < 4.78 is 0. The van der Waals surface area contributed by atoms with E-state index in [1.165, 1.54) is 38.8 Å². The summed E-state index contributed by atoms with van der Waals surface area (Å²) >= 11 is 0. The minimum absolute atomic E-state index is 0.907. The molecule has 5 heteroatoms. The van der Waals surface area contributed by atoms with Crippen LogP contribution in [0, 0.1) is 11.8 Å². The zero-order valence-corrected chi connectivity index (χ0v) is 14.2. The van der Waals surface area contributed by atoms with Crippen LogP contribution in [0.2, 0.25) is 0 Å². The highest BCUT2D eigenvalue weighted by molar-refractivity contribution is 5.61. The summed E-state index contributed by atoms with van der Waals surface area (Å²) in [6, 6.07) is 0. The Kier molecular flexibility index (Phi) is 4.81. The lowest BCUT2D eigenvalue weighted by atomic mass is 9.79. The van der Waals surface area contributed by atoms with Crippen molar-refractivity contribution in [2.24, 2.45) is 11.8 Å². The Morgan fingerprint density at radius 1 is 0.909 bits per heavy atom. The van der Waals surface area contributed by atoms with Crippen LogP contribution >= 0.6 is 0 Å². The van der Waals surface area contributed by atoms with E-state index in [0.717, 1.165) is 36.6 Å². The molecule has 1 aromatic rings. The summed E-state index contributed by atoms with van der Waals surface area (Å²) in [7, 11) is 6.33. The molecular formula is C17H29N5. The van der Waals surface area contributed by atoms with Crippen LogP contribution in [-0.4, -0.2) is 62.2 Å². The lowest BCUT2D eigenvalue weighted by molar-refractivity contribution is 0.154. The van der Waals surface area contributed by atoms with E-state index in [2.05, 4.69) is 31.7 Å². The van der Waals surface area contributed by atoms with Crippen LogP contribution in [0.4, 0.5) is 11.6 Å². The summed E-state index contributed by atoms with van der Waals surface area (Å²) in [5, 5.41) is 0. The molecule has 2 fully saturated rings. The van der Waals surface area contributed by atoms with E-state index in [-0.39, 0.29) is 0 Å². The second-order valence-corrected chi connectivity index (χ2v) is 7.06. The van der Waals surface area contributed by atoms with E-state index in [9.17, 15) is 0 Å². The van der Waals surface area contributed by atoms with Gasteiger partial charge in [-0.15, -0.1) is 0 Å². The topological polar surface area (TPSA) is 35.5 Å². The van der Waals surface area contributed by atoms with E-state index < -0.39 is 0 Å². The van der Waals surface area contributed by atoms with E-state index in [1.807, 2.05) is 20.3 Å². The molecule has 22 heavy (non-hydrogen) atoms. The predicted octanol–water partition coefficient (Wildman–Crippen LogP) is 2.10. The van der Waals surface area contributed by atoms with Gasteiger partial charge in [-0.25, -0.2) is 9.97 Å². The van der Waals surface area contributed by atoms with Gasteiger partial charge in [0.25, 0.3) is 0 Å². The largest absolute Gasteiger partial charge is 0.360 e. The highest BCUT2D eigenvalue weighted by Gasteiger charge is 2.30. The first-order chi connectivity index (χ1) is 10.6. The summed E-state index contributed by atoms with van der Waals surface area (Å²) in [6.45, 7) is 4.80. The third-order valence-electron chi connectivity index (χ3n) is 5.35. The molecule has 0 aromatic carbocycles. The lowest BCUT2D eigenvalue weighted by Crippen LogP contribution is -2.40. The molecule has 1 aromatic heterocycles. The standard InChI is InChI=1S/C17H29N5/c1-20(2)16-17(19-9-8-18-16)22-12-6-15(7-13-22)14-4-10-21(3)11-5-14/h8-9,14-15H,4-7,10-13H2,1-3H3. The molecular weight excluding hydrogens is 274 g/mol. The number of rotatable bonds is 3. The second kappa shape index (κ2) is 6.82. The number of nitrogens with zero attached hydrogens (tertiary/aromatic N) is 5. The zero-order chi connectivity index (χ0) is 15.5. The first-order valence-corrected chi connectivity index (χ1v) is 8.57. The van der Waals surface area contributed by atoms with E-state index >= 15 is 0 Å². The molecule has 5 nitrogen and oxygen atoms in total. The third kappa shape index (κ3) is 3.35. The monoisotopic (exact) mass is 303 g/mol. The molecule has 0 bridgehead atoms. The molecule has 3 rings (SSSR count). The molecule has 2 aliphatic rings. The lowest BCUT2D eigenvalue weighted by Gasteiger charge is -2.40. The Hall–Kier alpha value is -1.36. The van der Waals surface area contributed by atoms with Crippen molar-refractivity contribution in [3.63, 3.8) is 0 Å². The van der Waals surface area contributed by atoms with Gasteiger partial charge in [-0.3, -0.25) is 0 Å². The Balaban J connectivity index is 1.60. The smallest absolute Gasteiger partial charge is 0.171 e. The van der Waals surface area contributed by atoms with Gasteiger partial charge in [0.2, 0.25) is 0 Å². The summed E-state index contributed by atoms with van der Waals surface area (Å²) in [4.78, 5) is 16.0. The van der Waals surface area contributed by atoms with Crippen LogP contribution in [0.3, 0.4) is 0 Å². The summed E-state index contributed by atoms with van der Waals surface area (Å²) in [6.07, 6.45) is 8.97.